The topological polar surface area (TPSA) is 122 Å². The number of nitrogens with two attached hydrogens (primary N) is 2. The molecule has 0 fully saturated rings. The average molecular weight is 325 g/mol. The average Bonchev–Trinajstić information content (AvgIpc) is 2.61. The molecule has 0 aliphatic heterocycles. The summed E-state index contributed by atoms with van der Waals surface area (Å²) in [5.74, 6) is 4.54. The summed E-state index contributed by atoms with van der Waals surface area (Å²) >= 11 is 0. The van der Waals surface area contributed by atoms with Crippen LogP contribution in [0.3, 0.4) is 0 Å². The predicted octanol–water partition coefficient (Wildman–Crippen LogP) is 0.776. The van der Waals surface area contributed by atoms with Gasteiger partial charge in [-0.25, -0.2) is 0 Å². The zero-order valence-electron chi connectivity index (χ0n) is 13.0. The van der Waals surface area contributed by atoms with Gasteiger partial charge >= 0.3 is 0 Å². The van der Waals surface area contributed by atoms with Gasteiger partial charge in [0.15, 0.2) is 0 Å². The van der Waals surface area contributed by atoms with Crippen LogP contribution >= 0.6 is 0 Å². The van der Waals surface area contributed by atoms with Crippen LogP contribution in [-0.2, 0) is 4.79 Å². The highest BCUT2D eigenvalue weighted by Crippen LogP contribution is 2.19. The van der Waals surface area contributed by atoms with Crippen LogP contribution in [0.15, 0.2) is 60.8 Å². The molecule has 0 saturated carbocycles. The molecule has 0 saturated heterocycles. The summed E-state index contributed by atoms with van der Waals surface area (Å²) in [6, 6.07) is 15.7. The predicted molar refractivity (Wildman–Crippen MR) is 93.3 cm³/mol. The molecule has 2 aromatic carbocycles. The first kappa shape index (κ1) is 17.0. The summed E-state index contributed by atoms with van der Waals surface area (Å²) in [4.78, 5) is 24.0. The molecule has 0 spiro atoms. The van der Waals surface area contributed by atoms with E-state index < -0.39 is 0 Å². The molecule has 0 bridgehead atoms. The summed E-state index contributed by atoms with van der Waals surface area (Å²) in [6.07, 6.45) is 1.42. The Bertz CT molecular complexity index is 744. The van der Waals surface area contributed by atoms with Gasteiger partial charge in [-0.2, -0.15) is 0 Å². The van der Waals surface area contributed by atoms with Crippen molar-refractivity contribution in [2.24, 2.45) is 11.6 Å². The van der Waals surface area contributed by atoms with Crippen molar-refractivity contribution in [2.45, 2.75) is 0 Å². The van der Waals surface area contributed by atoms with E-state index in [9.17, 15) is 9.59 Å². The summed E-state index contributed by atoms with van der Waals surface area (Å²) < 4.78 is 0. The SMILES string of the molecule is NN/C=C(\N)c1ccccc1NC(=O)CNC(=O)c1ccccc1. The lowest BCUT2D eigenvalue weighted by Crippen LogP contribution is -2.33. The number of hydrazine groups is 1. The van der Waals surface area contributed by atoms with Gasteiger partial charge in [0.2, 0.25) is 5.91 Å². The summed E-state index contributed by atoms with van der Waals surface area (Å²) in [5.41, 5.74) is 10.2. The second-order valence-electron chi connectivity index (χ2n) is 4.91. The van der Waals surface area contributed by atoms with Crippen molar-refractivity contribution >= 4 is 23.2 Å². The number of anilines is 1. The lowest BCUT2D eigenvalue weighted by atomic mass is 10.1. The van der Waals surface area contributed by atoms with Crippen LogP contribution in [0, 0.1) is 0 Å². The molecule has 0 aliphatic carbocycles. The largest absolute Gasteiger partial charge is 0.397 e. The number of rotatable bonds is 6. The standard InChI is InChI=1S/C17H19N5O2/c18-14(10-21-19)13-8-4-5-9-15(13)22-16(23)11-20-17(24)12-6-2-1-3-7-12/h1-10,21H,11,18-19H2,(H,20,24)(H,22,23)/b14-10-. The Morgan fingerprint density at radius 1 is 1.00 bits per heavy atom. The molecule has 124 valence electrons. The van der Waals surface area contributed by atoms with Gasteiger partial charge in [-0.3, -0.25) is 15.4 Å². The van der Waals surface area contributed by atoms with E-state index >= 15 is 0 Å². The lowest BCUT2D eigenvalue weighted by Gasteiger charge is -2.12. The van der Waals surface area contributed by atoms with Crippen LogP contribution in [-0.4, -0.2) is 18.4 Å². The maximum absolute atomic E-state index is 12.1. The Labute approximate surface area is 139 Å². The van der Waals surface area contributed by atoms with Gasteiger partial charge in [-0.1, -0.05) is 36.4 Å². The highest BCUT2D eigenvalue weighted by molar-refractivity contribution is 6.00. The van der Waals surface area contributed by atoms with Crippen LogP contribution < -0.4 is 27.6 Å². The Hall–Kier alpha value is -3.32. The van der Waals surface area contributed by atoms with Gasteiger partial charge < -0.3 is 21.8 Å². The number of benzene rings is 2. The highest BCUT2D eigenvalue weighted by atomic mass is 16.2. The Morgan fingerprint density at radius 2 is 1.67 bits per heavy atom. The minimum absolute atomic E-state index is 0.152. The fraction of sp³-hybridized carbons (Fsp3) is 0.0588. The van der Waals surface area contributed by atoms with Gasteiger partial charge in [0, 0.05) is 17.3 Å². The second-order valence-corrected chi connectivity index (χ2v) is 4.91. The van der Waals surface area contributed by atoms with Gasteiger partial charge in [-0.15, -0.1) is 0 Å². The van der Waals surface area contributed by atoms with Crippen LogP contribution in [0.4, 0.5) is 5.69 Å². The van der Waals surface area contributed by atoms with E-state index in [0.29, 0.717) is 22.5 Å². The summed E-state index contributed by atoms with van der Waals surface area (Å²) in [7, 11) is 0. The molecule has 7 N–H and O–H groups in total. The van der Waals surface area contributed by atoms with E-state index in [4.69, 9.17) is 11.6 Å². The second kappa shape index (κ2) is 8.35. The molecule has 0 heterocycles. The van der Waals surface area contributed by atoms with Crippen LogP contribution in [0.1, 0.15) is 15.9 Å². The van der Waals surface area contributed by atoms with E-state index in [1.54, 1.807) is 48.5 Å². The first-order valence-corrected chi connectivity index (χ1v) is 7.26. The van der Waals surface area contributed by atoms with Gasteiger partial charge in [-0.05, 0) is 18.2 Å². The van der Waals surface area contributed by atoms with Crippen LogP contribution in [0.25, 0.3) is 5.70 Å². The molecule has 0 unspecified atom stereocenters. The van der Waals surface area contributed by atoms with Crippen molar-refractivity contribution in [1.82, 2.24) is 10.7 Å². The van der Waals surface area contributed by atoms with E-state index in [1.165, 1.54) is 6.20 Å². The van der Waals surface area contributed by atoms with Crippen LogP contribution in [0.5, 0.6) is 0 Å². The molecule has 2 amide bonds. The quantitative estimate of drug-likeness (QED) is 0.397. The Balaban J connectivity index is 1.98. The molecule has 0 aromatic heterocycles. The normalized spacial score (nSPS) is 10.8. The Morgan fingerprint density at radius 3 is 2.38 bits per heavy atom. The zero-order valence-corrected chi connectivity index (χ0v) is 13.0. The summed E-state index contributed by atoms with van der Waals surface area (Å²) in [5, 5.41) is 5.28. The lowest BCUT2D eigenvalue weighted by molar-refractivity contribution is -0.115. The first-order valence-electron chi connectivity index (χ1n) is 7.26. The van der Waals surface area contributed by atoms with Crippen LogP contribution in [0.2, 0.25) is 0 Å². The molecule has 0 aliphatic rings. The number of hydrogen-bond donors (Lipinski definition) is 5. The third-order valence-electron chi connectivity index (χ3n) is 3.20. The molecule has 2 rings (SSSR count). The number of nitrogens with one attached hydrogen (secondary N) is 3. The first-order chi connectivity index (χ1) is 11.6. The third kappa shape index (κ3) is 4.59. The number of carbonyl (C=O) groups is 2. The smallest absolute Gasteiger partial charge is 0.251 e. The zero-order chi connectivity index (χ0) is 17.4. The van der Waals surface area contributed by atoms with Crippen molar-refractivity contribution < 1.29 is 9.59 Å². The van der Waals surface area contributed by atoms with E-state index in [1.807, 2.05) is 6.07 Å². The molecule has 24 heavy (non-hydrogen) atoms. The van der Waals surface area contributed by atoms with E-state index in [-0.39, 0.29) is 18.4 Å². The number of para-hydroxylation sites is 1. The van der Waals surface area contributed by atoms with Gasteiger partial charge in [0.25, 0.3) is 5.91 Å². The Kier molecular flexibility index (Phi) is 5.93. The third-order valence-corrected chi connectivity index (χ3v) is 3.20. The fourth-order valence-electron chi connectivity index (χ4n) is 2.06. The van der Waals surface area contributed by atoms with Crippen molar-refractivity contribution in [1.29, 1.82) is 0 Å². The van der Waals surface area contributed by atoms with Crippen molar-refractivity contribution in [3.05, 3.63) is 71.9 Å². The monoisotopic (exact) mass is 325 g/mol. The molecule has 0 atom stereocenters. The minimum Gasteiger partial charge on any atom is -0.397 e. The molecule has 0 radical (unpaired) electrons. The summed E-state index contributed by atoms with van der Waals surface area (Å²) in [6.45, 7) is -0.152. The maximum Gasteiger partial charge on any atom is 0.251 e. The molecular weight excluding hydrogens is 306 g/mol. The molecule has 7 nitrogen and oxygen atoms in total. The van der Waals surface area contributed by atoms with E-state index in [2.05, 4.69) is 16.1 Å². The fourth-order valence-corrected chi connectivity index (χ4v) is 2.06. The molecule has 2 aromatic rings. The van der Waals surface area contributed by atoms with Gasteiger partial charge in [0.05, 0.1) is 17.9 Å². The molecule has 7 heteroatoms. The minimum atomic E-state index is -0.361. The van der Waals surface area contributed by atoms with Crippen molar-refractivity contribution in [3.63, 3.8) is 0 Å². The number of carbonyl (C=O) groups excluding carboxylic acids is 2. The van der Waals surface area contributed by atoms with E-state index in [0.717, 1.165) is 0 Å². The maximum atomic E-state index is 12.1. The number of hydrogen-bond acceptors (Lipinski definition) is 5. The highest BCUT2D eigenvalue weighted by Gasteiger charge is 2.10. The van der Waals surface area contributed by atoms with Crippen molar-refractivity contribution in [3.8, 4) is 0 Å². The number of amides is 2. The molecular formula is C17H19N5O2. The van der Waals surface area contributed by atoms with Crippen molar-refractivity contribution in [2.75, 3.05) is 11.9 Å². The van der Waals surface area contributed by atoms with Gasteiger partial charge in [0.1, 0.15) is 0 Å².